The molecule has 6 nitrogen and oxygen atoms in total. The van der Waals surface area contributed by atoms with Crippen molar-refractivity contribution in [2.24, 2.45) is 0 Å². The minimum atomic E-state index is -1.08. The zero-order chi connectivity index (χ0) is 23.9. The molecule has 0 bridgehead atoms. The number of para-hydroxylation sites is 2. The van der Waals surface area contributed by atoms with E-state index in [2.05, 4.69) is 16.4 Å². The molecule has 1 N–H and O–H groups in total. The molecule has 0 radical (unpaired) electrons. The number of rotatable bonds is 5. The van der Waals surface area contributed by atoms with Gasteiger partial charge in [0.15, 0.2) is 5.82 Å². The van der Waals surface area contributed by atoms with Gasteiger partial charge in [0.2, 0.25) is 5.91 Å². The Kier molecular flexibility index (Phi) is 5.44. The largest absolute Gasteiger partial charge is 0.350 e. The lowest BCUT2D eigenvalue weighted by Gasteiger charge is -2.43. The van der Waals surface area contributed by atoms with Gasteiger partial charge in [-0.2, -0.15) is 0 Å². The number of benzene rings is 3. The Morgan fingerprint density at radius 2 is 1.74 bits per heavy atom. The number of nitrogens with one attached hydrogen (secondary N) is 1. The lowest BCUT2D eigenvalue weighted by molar-refractivity contribution is -0.133. The van der Waals surface area contributed by atoms with E-state index in [0.717, 1.165) is 27.7 Å². The monoisotopic (exact) mass is 452 g/mol. The van der Waals surface area contributed by atoms with Crippen molar-refractivity contribution in [2.45, 2.75) is 45.9 Å². The Morgan fingerprint density at radius 1 is 0.971 bits per heavy atom. The van der Waals surface area contributed by atoms with Crippen molar-refractivity contribution in [2.75, 3.05) is 0 Å². The van der Waals surface area contributed by atoms with Gasteiger partial charge in [0, 0.05) is 13.1 Å². The van der Waals surface area contributed by atoms with Crippen LogP contribution in [0.4, 0.5) is 0 Å². The van der Waals surface area contributed by atoms with Crippen LogP contribution >= 0.6 is 0 Å². The summed E-state index contributed by atoms with van der Waals surface area (Å²) in [6.07, 6.45) is 0. The van der Waals surface area contributed by atoms with Gasteiger partial charge >= 0.3 is 0 Å². The first-order chi connectivity index (χ1) is 16.3. The summed E-state index contributed by atoms with van der Waals surface area (Å²) in [4.78, 5) is 33.8. The Morgan fingerprint density at radius 3 is 2.50 bits per heavy atom. The molecule has 6 heteroatoms. The van der Waals surface area contributed by atoms with Crippen LogP contribution in [0.25, 0.3) is 11.0 Å². The van der Waals surface area contributed by atoms with E-state index in [1.54, 1.807) is 4.90 Å². The summed E-state index contributed by atoms with van der Waals surface area (Å²) >= 11 is 0. The second-order valence-electron chi connectivity index (χ2n) is 9.33. The molecule has 5 rings (SSSR count). The smallest absolute Gasteiger partial charge is 0.291 e. The van der Waals surface area contributed by atoms with E-state index in [4.69, 9.17) is 0 Å². The molecule has 1 aliphatic rings. The molecule has 0 spiro atoms. The first kappa shape index (κ1) is 21.9. The summed E-state index contributed by atoms with van der Waals surface area (Å²) in [5.74, 6) is -0.0490. The van der Waals surface area contributed by atoms with Gasteiger partial charge in [-0.3, -0.25) is 9.59 Å². The maximum Gasteiger partial charge on any atom is 0.291 e. The molecule has 0 aliphatic carbocycles. The molecule has 2 amide bonds. The number of aryl methyl sites for hydroxylation is 2. The molecule has 0 unspecified atom stereocenters. The third kappa shape index (κ3) is 3.85. The third-order valence-corrected chi connectivity index (χ3v) is 6.64. The van der Waals surface area contributed by atoms with Crippen LogP contribution in [-0.2, 0) is 24.4 Å². The van der Waals surface area contributed by atoms with Gasteiger partial charge in [0.25, 0.3) is 5.91 Å². The first-order valence-electron chi connectivity index (χ1n) is 11.5. The number of carbonyl (C=O) groups excluding carboxylic acids is 2. The normalized spacial score (nSPS) is 17.6. The van der Waals surface area contributed by atoms with E-state index >= 15 is 0 Å². The minimum Gasteiger partial charge on any atom is -0.350 e. The van der Waals surface area contributed by atoms with E-state index < -0.39 is 5.54 Å². The number of nitrogens with zero attached hydrogens (tertiary/aromatic N) is 3. The van der Waals surface area contributed by atoms with E-state index in [1.807, 2.05) is 92.1 Å². The molecular formula is C28H28N4O2. The summed E-state index contributed by atoms with van der Waals surface area (Å²) in [6.45, 7) is 6.97. The van der Waals surface area contributed by atoms with Crippen molar-refractivity contribution in [3.05, 3.63) is 101 Å². The molecule has 0 fully saturated rings. The number of hydrogen-bond donors (Lipinski definition) is 1. The molecular weight excluding hydrogens is 424 g/mol. The van der Waals surface area contributed by atoms with Crippen molar-refractivity contribution < 1.29 is 9.59 Å². The Labute approximate surface area is 199 Å². The highest BCUT2D eigenvalue weighted by molar-refractivity contribution is 6.01. The van der Waals surface area contributed by atoms with Crippen LogP contribution in [0.5, 0.6) is 0 Å². The molecule has 2 heterocycles. The van der Waals surface area contributed by atoms with Crippen LogP contribution < -0.4 is 5.32 Å². The fourth-order valence-corrected chi connectivity index (χ4v) is 4.65. The molecule has 0 saturated carbocycles. The van der Waals surface area contributed by atoms with Crippen LogP contribution in [0.3, 0.4) is 0 Å². The Bertz CT molecular complexity index is 1390. The van der Waals surface area contributed by atoms with Crippen molar-refractivity contribution in [1.29, 1.82) is 0 Å². The molecule has 172 valence electrons. The fraction of sp³-hybridized carbons (Fsp3) is 0.250. The molecule has 3 aromatic carbocycles. The van der Waals surface area contributed by atoms with E-state index in [0.29, 0.717) is 25.5 Å². The maximum atomic E-state index is 13.8. The average molecular weight is 453 g/mol. The van der Waals surface area contributed by atoms with Crippen molar-refractivity contribution in [1.82, 2.24) is 19.8 Å². The summed E-state index contributed by atoms with van der Waals surface area (Å²) < 4.78 is 1.88. The summed E-state index contributed by atoms with van der Waals surface area (Å²) in [5.41, 5.74) is 4.81. The average Bonchev–Trinajstić information content (AvgIpc) is 3.20. The topological polar surface area (TPSA) is 67.2 Å². The summed E-state index contributed by atoms with van der Waals surface area (Å²) in [5, 5.41) is 3.08. The van der Waals surface area contributed by atoms with Gasteiger partial charge in [0.1, 0.15) is 5.54 Å². The van der Waals surface area contributed by atoms with Crippen LogP contribution in [0.1, 0.15) is 39.8 Å². The van der Waals surface area contributed by atoms with Gasteiger partial charge < -0.3 is 14.8 Å². The number of carbonyl (C=O) groups is 2. The molecule has 0 saturated heterocycles. The maximum absolute atomic E-state index is 13.8. The lowest BCUT2D eigenvalue weighted by Crippen LogP contribution is -2.63. The number of fused-ring (bicyclic) bond motifs is 3. The van der Waals surface area contributed by atoms with Gasteiger partial charge in [-0.25, -0.2) is 4.98 Å². The Balaban J connectivity index is 1.52. The van der Waals surface area contributed by atoms with Crippen molar-refractivity contribution >= 4 is 22.8 Å². The highest BCUT2D eigenvalue weighted by atomic mass is 16.2. The van der Waals surface area contributed by atoms with Gasteiger partial charge in [-0.1, -0.05) is 71.8 Å². The summed E-state index contributed by atoms with van der Waals surface area (Å²) in [7, 11) is 0. The lowest BCUT2D eigenvalue weighted by atomic mass is 9.94. The standard InChI is InChI=1S/C28H28N4O2/c1-19-11-13-21(14-12-19)16-29-27(34)28(3)18-31-24-10-5-4-9-23(24)30-25(31)26(33)32(28)17-22-8-6-7-20(2)15-22/h4-15H,16-18H2,1-3H3,(H,29,34)/t28-/m0/s1. The van der Waals surface area contributed by atoms with Gasteiger partial charge in [0.05, 0.1) is 17.6 Å². The van der Waals surface area contributed by atoms with Gasteiger partial charge in [-0.05, 0) is 44.0 Å². The number of amides is 2. The number of aromatic nitrogens is 2. The van der Waals surface area contributed by atoms with Crippen LogP contribution in [0.15, 0.2) is 72.8 Å². The van der Waals surface area contributed by atoms with E-state index in [9.17, 15) is 9.59 Å². The predicted molar refractivity (Wildman–Crippen MR) is 132 cm³/mol. The zero-order valence-corrected chi connectivity index (χ0v) is 19.7. The second-order valence-corrected chi connectivity index (χ2v) is 9.33. The highest BCUT2D eigenvalue weighted by Gasteiger charge is 2.48. The van der Waals surface area contributed by atoms with Crippen molar-refractivity contribution in [3.63, 3.8) is 0 Å². The molecule has 34 heavy (non-hydrogen) atoms. The molecule has 1 aliphatic heterocycles. The van der Waals surface area contributed by atoms with Crippen LogP contribution in [0.2, 0.25) is 0 Å². The summed E-state index contributed by atoms with van der Waals surface area (Å²) in [6, 6.07) is 23.8. The third-order valence-electron chi connectivity index (χ3n) is 6.64. The molecule has 1 aromatic heterocycles. The predicted octanol–water partition coefficient (Wildman–Crippen LogP) is 4.38. The SMILES string of the molecule is Cc1ccc(CNC(=O)[C@]2(C)Cn3c(nc4ccccc43)C(=O)N2Cc2cccc(C)c2)cc1. The van der Waals surface area contributed by atoms with E-state index in [-0.39, 0.29) is 11.8 Å². The highest BCUT2D eigenvalue weighted by Crippen LogP contribution is 2.32. The first-order valence-corrected chi connectivity index (χ1v) is 11.5. The minimum absolute atomic E-state index is 0.183. The van der Waals surface area contributed by atoms with Crippen molar-refractivity contribution in [3.8, 4) is 0 Å². The molecule has 4 aromatic rings. The van der Waals surface area contributed by atoms with E-state index in [1.165, 1.54) is 5.56 Å². The second kappa shape index (κ2) is 8.45. The fourth-order valence-electron chi connectivity index (χ4n) is 4.65. The quantitative estimate of drug-likeness (QED) is 0.489. The zero-order valence-electron chi connectivity index (χ0n) is 19.7. The van der Waals surface area contributed by atoms with Gasteiger partial charge in [-0.15, -0.1) is 0 Å². The number of imidazole rings is 1. The molecule has 1 atom stereocenters. The Hall–Kier alpha value is -3.93. The van der Waals surface area contributed by atoms with Crippen LogP contribution in [0, 0.1) is 13.8 Å². The number of hydrogen-bond acceptors (Lipinski definition) is 3. The van der Waals surface area contributed by atoms with Crippen LogP contribution in [-0.4, -0.2) is 31.8 Å².